The van der Waals surface area contributed by atoms with Crippen molar-refractivity contribution >= 4 is 54.8 Å². The Balaban J connectivity index is 2.39. The Morgan fingerprint density at radius 3 is 2.47 bits per heavy atom. The van der Waals surface area contributed by atoms with Crippen LogP contribution in [0, 0.1) is 13.8 Å². The van der Waals surface area contributed by atoms with Crippen molar-refractivity contribution in [1.82, 2.24) is 0 Å². The summed E-state index contributed by atoms with van der Waals surface area (Å²) in [5.41, 5.74) is 2.48. The zero-order valence-electron chi connectivity index (χ0n) is 9.43. The molecule has 0 fully saturated rings. The van der Waals surface area contributed by atoms with Crippen molar-refractivity contribution in [3.63, 3.8) is 0 Å². The minimum atomic E-state index is 0.231. The molecule has 1 unspecified atom stereocenters. The van der Waals surface area contributed by atoms with Gasteiger partial charge in [0.25, 0.3) is 0 Å². The van der Waals surface area contributed by atoms with E-state index in [0.29, 0.717) is 0 Å². The maximum Gasteiger partial charge on any atom is 0.0741 e. The molecule has 1 aromatic heterocycles. The number of hydrogen-bond donors (Lipinski definition) is 0. The van der Waals surface area contributed by atoms with Gasteiger partial charge in [-0.1, -0.05) is 33.6 Å². The first-order valence-electron chi connectivity index (χ1n) is 5.15. The number of hydrogen-bond acceptors (Lipinski definition) is 1. The second kappa shape index (κ2) is 5.43. The monoisotopic (exact) mass is 392 g/mol. The number of aryl methyl sites for hydroxylation is 2. The number of rotatable bonds is 2. The molecule has 0 saturated heterocycles. The molecule has 0 N–H and O–H groups in total. The van der Waals surface area contributed by atoms with Gasteiger partial charge >= 0.3 is 0 Å². The zero-order valence-corrected chi connectivity index (χ0v) is 14.2. The van der Waals surface area contributed by atoms with Crippen molar-refractivity contribution in [2.24, 2.45) is 0 Å². The second-order valence-corrected chi connectivity index (χ2v) is 7.41. The largest absolute Gasteiger partial charge is 0.143 e. The molecule has 0 aliphatic heterocycles. The summed E-state index contributed by atoms with van der Waals surface area (Å²) in [5.74, 6) is 0. The van der Waals surface area contributed by atoms with Crippen LogP contribution < -0.4 is 0 Å². The molecule has 1 atom stereocenters. The Labute approximate surface area is 127 Å². The zero-order chi connectivity index (χ0) is 12.6. The van der Waals surface area contributed by atoms with Gasteiger partial charge in [0.15, 0.2) is 0 Å². The van der Waals surface area contributed by atoms with Crippen LogP contribution in [0.3, 0.4) is 0 Å². The Hall–Kier alpha value is 0.170. The van der Waals surface area contributed by atoms with E-state index >= 15 is 0 Å². The molecule has 0 amide bonds. The molecule has 1 aromatic carbocycles. The third-order valence-electron chi connectivity index (χ3n) is 2.63. The maximum absolute atomic E-state index is 5.98. The fourth-order valence-corrected chi connectivity index (χ4v) is 4.39. The molecule has 1 heterocycles. The van der Waals surface area contributed by atoms with E-state index in [9.17, 15) is 0 Å². The first-order chi connectivity index (χ1) is 7.99. The Morgan fingerprint density at radius 2 is 1.94 bits per heavy atom. The Morgan fingerprint density at radius 1 is 1.24 bits per heavy atom. The summed E-state index contributed by atoms with van der Waals surface area (Å²) in [4.78, 5) is 2.84. The molecule has 90 valence electrons. The first-order valence-corrected chi connectivity index (χ1v) is 8.05. The molecule has 0 saturated carbocycles. The van der Waals surface area contributed by atoms with E-state index in [1.54, 1.807) is 11.3 Å². The average molecular weight is 395 g/mol. The van der Waals surface area contributed by atoms with Gasteiger partial charge in [-0.05, 0) is 59.1 Å². The van der Waals surface area contributed by atoms with Gasteiger partial charge < -0.3 is 0 Å². The molecular formula is C13H11Br2ClS. The van der Waals surface area contributed by atoms with E-state index in [1.807, 2.05) is 12.1 Å². The molecule has 0 aliphatic carbocycles. The molecule has 0 nitrogen and oxygen atoms in total. The van der Waals surface area contributed by atoms with Gasteiger partial charge in [-0.15, -0.1) is 11.3 Å². The van der Waals surface area contributed by atoms with Crippen LogP contribution in [0.15, 0.2) is 28.7 Å². The van der Waals surface area contributed by atoms with Crippen LogP contribution in [0.2, 0.25) is 5.02 Å². The molecule has 0 bridgehead atoms. The molecule has 2 rings (SSSR count). The highest BCUT2D eigenvalue weighted by molar-refractivity contribution is 9.10. The van der Waals surface area contributed by atoms with Crippen molar-refractivity contribution in [3.8, 4) is 0 Å². The first kappa shape index (κ1) is 13.6. The van der Waals surface area contributed by atoms with E-state index in [0.717, 1.165) is 5.02 Å². The highest BCUT2D eigenvalue weighted by Gasteiger charge is 2.16. The van der Waals surface area contributed by atoms with Crippen LogP contribution in [0.5, 0.6) is 0 Å². The highest BCUT2D eigenvalue weighted by Crippen LogP contribution is 2.40. The summed E-state index contributed by atoms with van der Waals surface area (Å²) in [6.45, 7) is 4.21. The predicted molar refractivity (Wildman–Crippen MR) is 83.7 cm³/mol. The van der Waals surface area contributed by atoms with Gasteiger partial charge in [0.05, 0.1) is 4.83 Å². The fraction of sp³-hybridized carbons (Fsp3) is 0.231. The number of halogens is 3. The molecule has 0 spiro atoms. The van der Waals surface area contributed by atoms with E-state index < -0.39 is 0 Å². The predicted octanol–water partition coefficient (Wildman–Crippen LogP) is 6.27. The van der Waals surface area contributed by atoms with Gasteiger partial charge in [0, 0.05) is 19.2 Å². The lowest BCUT2D eigenvalue weighted by atomic mass is 10.1. The SMILES string of the molecule is Cc1cc(Cl)ccc1C(Br)c1cc(Br)c(C)s1. The summed E-state index contributed by atoms with van der Waals surface area (Å²) in [5, 5.41) is 0.787. The van der Waals surface area contributed by atoms with Crippen molar-refractivity contribution in [2.75, 3.05) is 0 Å². The van der Waals surface area contributed by atoms with Crippen LogP contribution in [0.1, 0.15) is 25.7 Å². The number of alkyl halides is 1. The smallest absolute Gasteiger partial charge is 0.0741 e. The van der Waals surface area contributed by atoms with Crippen LogP contribution in [-0.4, -0.2) is 0 Å². The lowest BCUT2D eigenvalue weighted by Crippen LogP contribution is -1.93. The maximum atomic E-state index is 5.98. The minimum absolute atomic E-state index is 0.231. The molecule has 4 heteroatoms. The van der Waals surface area contributed by atoms with Crippen molar-refractivity contribution in [3.05, 3.63) is 54.6 Å². The molecule has 2 aromatic rings. The van der Waals surface area contributed by atoms with Crippen molar-refractivity contribution in [1.29, 1.82) is 0 Å². The summed E-state index contributed by atoms with van der Waals surface area (Å²) in [7, 11) is 0. The topological polar surface area (TPSA) is 0 Å². The van der Waals surface area contributed by atoms with Gasteiger partial charge in [0.2, 0.25) is 0 Å². The van der Waals surface area contributed by atoms with Gasteiger partial charge in [-0.2, -0.15) is 0 Å². The number of benzene rings is 1. The second-order valence-electron chi connectivity index (χ2n) is 3.92. The van der Waals surface area contributed by atoms with Gasteiger partial charge in [0.1, 0.15) is 0 Å². The average Bonchev–Trinajstić information content (AvgIpc) is 2.58. The summed E-state index contributed by atoms with van der Waals surface area (Å²) >= 11 is 15.1. The van der Waals surface area contributed by atoms with Crippen LogP contribution in [-0.2, 0) is 0 Å². The minimum Gasteiger partial charge on any atom is -0.143 e. The van der Waals surface area contributed by atoms with E-state index in [-0.39, 0.29) is 4.83 Å². The highest BCUT2D eigenvalue weighted by atomic mass is 79.9. The third kappa shape index (κ3) is 2.95. The van der Waals surface area contributed by atoms with Crippen LogP contribution >= 0.6 is 54.8 Å². The lowest BCUT2D eigenvalue weighted by Gasteiger charge is -2.11. The molecular weight excluding hydrogens is 383 g/mol. The molecule has 0 aliphatic rings. The van der Waals surface area contributed by atoms with Crippen LogP contribution in [0.25, 0.3) is 0 Å². The summed E-state index contributed by atoms with van der Waals surface area (Å²) < 4.78 is 1.17. The van der Waals surface area contributed by atoms with Crippen molar-refractivity contribution < 1.29 is 0 Å². The van der Waals surface area contributed by atoms with Crippen LogP contribution in [0.4, 0.5) is 0 Å². The number of thiophene rings is 1. The van der Waals surface area contributed by atoms with E-state index in [2.05, 4.69) is 57.8 Å². The third-order valence-corrected chi connectivity index (χ3v) is 6.36. The van der Waals surface area contributed by atoms with Gasteiger partial charge in [-0.3, -0.25) is 0 Å². The van der Waals surface area contributed by atoms with E-state index in [1.165, 1.54) is 25.4 Å². The Bertz CT molecular complexity index is 529. The lowest BCUT2D eigenvalue weighted by molar-refractivity contribution is 1.18. The van der Waals surface area contributed by atoms with Gasteiger partial charge in [-0.25, -0.2) is 0 Å². The molecule has 17 heavy (non-hydrogen) atoms. The van der Waals surface area contributed by atoms with E-state index in [4.69, 9.17) is 11.6 Å². The fourth-order valence-electron chi connectivity index (χ4n) is 1.68. The van der Waals surface area contributed by atoms with Crippen molar-refractivity contribution in [2.45, 2.75) is 18.7 Å². The molecule has 0 radical (unpaired) electrons. The standard InChI is InChI=1S/C13H11Br2ClS/c1-7-5-9(16)3-4-10(7)13(15)12-6-11(14)8(2)17-12/h3-6,13H,1-2H3. The summed E-state index contributed by atoms with van der Waals surface area (Å²) in [6, 6.07) is 8.20. The summed E-state index contributed by atoms with van der Waals surface area (Å²) in [6.07, 6.45) is 0. The Kier molecular flexibility index (Phi) is 4.35. The normalized spacial score (nSPS) is 12.8. The quantitative estimate of drug-likeness (QED) is 0.527.